The number of sulfonamides is 1. The topological polar surface area (TPSA) is 136 Å². The Hall–Kier alpha value is -2.92. The van der Waals surface area contributed by atoms with Crippen LogP contribution < -0.4 is 15.8 Å². The molecule has 2 N–H and O–H groups in total. The smallest absolute Gasteiger partial charge is 0.408 e. The molecule has 0 aliphatic rings. The number of hydrogen-bond acceptors (Lipinski definition) is 7. The van der Waals surface area contributed by atoms with Gasteiger partial charge in [-0.05, 0) is 32.9 Å². The van der Waals surface area contributed by atoms with Gasteiger partial charge in [0.1, 0.15) is 5.76 Å². The highest BCUT2D eigenvalue weighted by Crippen LogP contribution is 2.19. The van der Waals surface area contributed by atoms with Crippen molar-refractivity contribution in [3.63, 3.8) is 0 Å². The molecule has 0 radical (unpaired) electrons. The van der Waals surface area contributed by atoms with E-state index < -0.39 is 27.7 Å². The summed E-state index contributed by atoms with van der Waals surface area (Å²) in [5, 5.41) is 6.07. The molecule has 3 rings (SSSR count). The number of amides is 1. The van der Waals surface area contributed by atoms with Crippen molar-refractivity contribution >= 4 is 32.8 Å². The number of carbonyl (C=O) groups excluding carboxylic acids is 1. The molecule has 0 unspecified atom stereocenters. The first kappa shape index (κ1) is 18.9. The zero-order valence-electron chi connectivity index (χ0n) is 14.8. The van der Waals surface area contributed by atoms with Crippen molar-refractivity contribution in [1.82, 2.24) is 14.4 Å². The molecule has 0 aliphatic carbocycles. The van der Waals surface area contributed by atoms with Gasteiger partial charge in [0.15, 0.2) is 11.4 Å². The molecule has 0 bridgehead atoms. The second kappa shape index (κ2) is 7.00. The lowest BCUT2D eigenvalue weighted by molar-refractivity contribution is -0.117. The van der Waals surface area contributed by atoms with Gasteiger partial charge in [0.25, 0.3) is 0 Å². The fourth-order valence-electron chi connectivity index (χ4n) is 2.53. The van der Waals surface area contributed by atoms with Crippen LogP contribution in [0.2, 0.25) is 0 Å². The summed E-state index contributed by atoms with van der Waals surface area (Å²) in [5.74, 6) is -0.470. The van der Waals surface area contributed by atoms with Gasteiger partial charge in [-0.2, -0.15) is 4.72 Å². The Kier molecular flexibility index (Phi) is 4.89. The number of benzene rings is 1. The average molecular weight is 394 g/mol. The van der Waals surface area contributed by atoms with E-state index in [1.807, 2.05) is 0 Å². The summed E-state index contributed by atoms with van der Waals surface area (Å²) < 4.78 is 38.7. The summed E-state index contributed by atoms with van der Waals surface area (Å²) in [5.41, 5.74) is 0.647. The van der Waals surface area contributed by atoms with Crippen LogP contribution in [0.3, 0.4) is 0 Å². The first-order valence-corrected chi connectivity index (χ1v) is 9.59. The van der Waals surface area contributed by atoms with E-state index in [4.69, 9.17) is 8.94 Å². The quantitative estimate of drug-likeness (QED) is 0.641. The molecule has 3 aromatic rings. The molecular formula is C16H18N4O6S. The van der Waals surface area contributed by atoms with E-state index in [1.54, 1.807) is 13.8 Å². The van der Waals surface area contributed by atoms with E-state index >= 15 is 0 Å². The van der Waals surface area contributed by atoms with Crippen LogP contribution in [0.25, 0.3) is 11.1 Å². The maximum absolute atomic E-state index is 12.6. The van der Waals surface area contributed by atoms with E-state index in [1.165, 1.54) is 35.8 Å². The third-order valence-electron chi connectivity index (χ3n) is 3.87. The number of oxazole rings is 1. The van der Waals surface area contributed by atoms with Gasteiger partial charge in [0, 0.05) is 18.7 Å². The molecular weight excluding hydrogens is 376 g/mol. The van der Waals surface area contributed by atoms with Crippen molar-refractivity contribution in [2.24, 2.45) is 0 Å². The summed E-state index contributed by atoms with van der Waals surface area (Å²) >= 11 is 0. The molecule has 0 aliphatic heterocycles. The molecule has 1 atom stereocenters. The molecule has 1 aromatic carbocycles. The maximum Gasteiger partial charge on any atom is 0.419 e. The Morgan fingerprint density at radius 2 is 2.07 bits per heavy atom. The van der Waals surface area contributed by atoms with Crippen LogP contribution in [0, 0.1) is 6.92 Å². The predicted octanol–water partition coefficient (Wildman–Crippen LogP) is 1.22. The highest BCUT2D eigenvalue weighted by Gasteiger charge is 2.24. The third kappa shape index (κ3) is 3.78. The second-order valence-electron chi connectivity index (χ2n) is 5.90. The summed E-state index contributed by atoms with van der Waals surface area (Å²) in [6.07, 6.45) is 0. The molecule has 144 valence electrons. The van der Waals surface area contributed by atoms with Crippen molar-refractivity contribution in [2.45, 2.75) is 38.3 Å². The van der Waals surface area contributed by atoms with Crippen molar-refractivity contribution in [3.05, 3.63) is 40.6 Å². The van der Waals surface area contributed by atoms with Crippen LogP contribution in [0.5, 0.6) is 0 Å². The van der Waals surface area contributed by atoms with Crippen LogP contribution in [-0.4, -0.2) is 30.1 Å². The van der Waals surface area contributed by atoms with Crippen LogP contribution in [0.4, 0.5) is 5.82 Å². The van der Waals surface area contributed by atoms with E-state index in [0.717, 1.165) is 0 Å². The molecule has 0 saturated carbocycles. The number of rotatable bonds is 6. The van der Waals surface area contributed by atoms with Gasteiger partial charge in [-0.1, -0.05) is 5.16 Å². The Balaban J connectivity index is 1.80. The van der Waals surface area contributed by atoms with Gasteiger partial charge >= 0.3 is 5.76 Å². The maximum atomic E-state index is 12.6. The Morgan fingerprint density at radius 1 is 1.33 bits per heavy atom. The van der Waals surface area contributed by atoms with Crippen molar-refractivity contribution < 1.29 is 22.2 Å². The lowest BCUT2D eigenvalue weighted by Gasteiger charge is -2.13. The Morgan fingerprint density at radius 3 is 2.70 bits per heavy atom. The SMILES string of the molecule is CCn1c(=O)oc2cc(S(=O)(=O)N[C@H](C)C(=O)Nc3cc(C)on3)ccc21. The monoisotopic (exact) mass is 394 g/mol. The predicted molar refractivity (Wildman–Crippen MR) is 95.8 cm³/mol. The fourth-order valence-corrected chi connectivity index (χ4v) is 3.75. The summed E-state index contributed by atoms with van der Waals surface area (Å²) in [7, 11) is -4.02. The Bertz CT molecular complexity index is 1160. The normalized spacial score (nSPS) is 13.0. The zero-order chi connectivity index (χ0) is 19.8. The standard InChI is InChI=1S/C16H18N4O6S/c1-4-20-12-6-5-11(8-13(12)25-16(20)22)27(23,24)19-10(3)15(21)17-14-7-9(2)26-18-14/h5-8,10,19H,4H2,1-3H3,(H,17,18,21)/t10-/m1/s1. The average Bonchev–Trinajstić information content (AvgIpc) is 3.15. The molecule has 27 heavy (non-hydrogen) atoms. The summed E-state index contributed by atoms with van der Waals surface area (Å²) in [6, 6.07) is 4.51. The van der Waals surface area contributed by atoms with E-state index in [0.29, 0.717) is 17.8 Å². The van der Waals surface area contributed by atoms with E-state index in [2.05, 4.69) is 15.2 Å². The molecule has 0 fully saturated rings. The van der Waals surface area contributed by atoms with Crippen molar-refractivity contribution in [1.29, 1.82) is 0 Å². The van der Waals surface area contributed by atoms with Gasteiger partial charge < -0.3 is 14.3 Å². The molecule has 2 aromatic heterocycles. The van der Waals surface area contributed by atoms with Gasteiger partial charge in [0.05, 0.1) is 16.5 Å². The van der Waals surface area contributed by atoms with Gasteiger partial charge in [-0.15, -0.1) is 0 Å². The molecule has 1 amide bonds. The number of fused-ring (bicyclic) bond motifs is 1. The number of aryl methyl sites for hydroxylation is 2. The van der Waals surface area contributed by atoms with Crippen LogP contribution in [0.15, 0.2) is 42.9 Å². The number of nitrogens with one attached hydrogen (secondary N) is 2. The number of aromatic nitrogens is 2. The Labute approximate surface area is 154 Å². The van der Waals surface area contributed by atoms with E-state index in [-0.39, 0.29) is 16.3 Å². The lowest BCUT2D eigenvalue weighted by Crippen LogP contribution is -2.41. The van der Waals surface area contributed by atoms with E-state index in [9.17, 15) is 18.0 Å². The lowest BCUT2D eigenvalue weighted by atomic mass is 10.3. The molecule has 0 spiro atoms. The highest BCUT2D eigenvalue weighted by molar-refractivity contribution is 7.89. The summed E-state index contributed by atoms with van der Waals surface area (Å²) in [4.78, 5) is 23.8. The molecule has 10 nitrogen and oxygen atoms in total. The molecule has 11 heteroatoms. The van der Waals surface area contributed by atoms with Crippen molar-refractivity contribution in [2.75, 3.05) is 5.32 Å². The van der Waals surface area contributed by atoms with Gasteiger partial charge in [0.2, 0.25) is 15.9 Å². The minimum absolute atomic E-state index is 0.121. The number of nitrogens with zero attached hydrogens (tertiary/aromatic N) is 2. The largest absolute Gasteiger partial charge is 0.419 e. The first-order valence-electron chi connectivity index (χ1n) is 8.11. The third-order valence-corrected chi connectivity index (χ3v) is 5.41. The van der Waals surface area contributed by atoms with Gasteiger partial charge in [-0.25, -0.2) is 13.2 Å². The minimum atomic E-state index is -4.02. The zero-order valence-corrected chi connectivity index (χ0v) is 15.7. The summed E-state index contributed by atoms with van der Waals surface area (Å²) in [6.45, 7) is 5.23. The van der Waals surface area contributed by atoms with Crippen LogP contribution in [-0.2, 0) is 21.4 Å². The highest BCUT2D eigenvalue weighted by atomic mass is 32.2. The number of carbonyl (C=O) groups is 1. The second-order valence-corrected chi connectivity index (χ2v) is 7.61. The first-order chi connectivity index (χ1) is 12.7. The van der Waals surface area contributed by atoms with Crippen LogP contribution >= 0.6 is 0 Å². The van der Waals surface area contributed by atoms with Crippen molar-refractivity contribution in [3.8, 4) is 0 Å². The van der Waals surface area contributed by atoms with Gasteiger partial charge in [-0.3, -0.25) is 9.36 Å². The fraction of sp³-hybridized carbons (Fsp3) is 0.312. The number of hydrogen-bond donors (Lipinski definition) is 2. The number of anilines is 1. The molecule has 0 saturated heterocycles. The molecule has 2 heterocycles. The minimum Gasteiger partial charge on any atom is -0.408 e. The van der Waals surface area contributed by atoms with Crippen LogP contribution in [0.1, 0.15) is 19.6 Å².